The van der Waals surface area contributed by atoms with Crippen LogP contribution in [0.3, 0.4) is 0 Å². The molecule has 0 heterocycles. The molecular weight excluding hydrogens is 422 g/mol. The lowest BCUT2D eigenvalue weighted by Crippen LogP contribution is -2.16. The number of nitro benzene ring substituents is 1. The summed E-state index contributed by atoms with van der Waals surface area (Å²) in [6, 6.07) is 16.6. The van der Waals surface area contributed by atoms with E-state index in [1.807, 2.05) is 0 Å². The number of hydrogen-bond donors (Lipinski definition) is 2. The third-order valence-corrected chi connectivity index (χ3v) is 5.67. The number of hydrogen-bond acceptors (Lipinski definition) is 6. The van der Waals surface area contributed by atoms with Gasteiger partial charge < -0.3 is 5.32 Å². The predicted molar refractivity (Wildman–Crippen MR) is 115 cm³/mol. The van der Waals surface area contributed by atoms with Gasteiger partial charge in [-0.15, -0.1) is 0 Å². The molecule has 1 amide bonds. The van der Waals surface area contributed by atoms with Gasteiger partial charge in [0.25, 0.3) is 21.6 Å². The summed E-state index contributed by atoms with van der Waals surface area (Å²) in [5.41, 5.74) is 1.02. The Balaban J connectivity index is 1.77. The number of non-ortho nitro benzene ring substituents is 1. The summed E-state index contributed by atoms with van der Waals surface area (Å²) in [6.45, 7) is 1.41. The van der Waals surface area contributed by atoms with Crippen molar-refractivity contribution in [3.63, 3.8) is 0 Å². The van der Waals surface area contributed by atoms with Gasteiger partial charge in [0.2, 0.25) is 0 Å². The number of sulfonamides is 1. The van der Waals surface area contributed by atoms with Crippen LogP contribution in [0.5, 0.6) is 0 Å². The molecular formula is C21H17N3O6S. The molecule has 158 valence electrons. The first-order valence-corrected chi connectivity index (χ1v) is 10.4. The fourth-order valence-corrected chi connectivity index (χ4v) is 3.77. The number of ketones is 1. The summed E-state index contributed by atoms with van der Waals surface area (Å²) in [5, 5.41) is 13.3. The maximum atomic E-state index is 12.7. The van der Waals surface area contributed by atoms with E-state index in [-0.39, 0.29) is 27.6 Å². The van der Waals surface area contributed by atoms with Crippen molar-refractivity contribution in [3.05, 3.63) is 94.0 Å². The largest absolute Gasteiger partial charge is 0.322 e. The number of carbonyl (C=O) groups excluding carboxylic acids is 2. The predicted octanol–water partition coefficient (Wildman–Crippen LogP) is 3.85. The average molecular weight is 439 g/mol. The van der Waals surface area contributed by atoms with Gasteiger partial charge >= 0.3 is 0 Å². The first-order chi connectivity index (χ1) is 14.7. The number of benzene rings is 3. The summed E-state index contributed by atoms with van der Waals surface area (Å²) in [7, 11) is -3.98. The quantitative estimate of drug-likeness (QED) is 0.326. The summed E-state index contributed by atoms with van der Waals surface area (Å²) in [5.74, 6) is -0.710. The molecule has 0 bridgehead atoms. The number of rotatable bonds is 7. The molecule has 0 radical (unpaired) electrons. The van der Waals surface area contributed by atoms with Crippen molar-refractivity contribution in [2.45, 2.75) is 11.8 Å². The maximum absolute atomic E-state index is 12.7. The molecule has 0 spiro atoms. The highest BCUT2D eigenvalue weighted by Crippen LogP contribution is 2.20. The molecule has 9 nitrogen and oxygen atoms in total. The minimum absolute atomic E-state index is 0.0909. The Kier molecular flexibility index (Phi) is 6.12. The van der Waals surface area contributed by atoms with Crippen molar-refractivity contribution in [3.8, 4) is 0 Å². The Morgan fingerprint density at radius 2 is 1.48 bits per heavy atom. The van der Waals surface area contributed by atoms with E-state index < -0.39 is 20.9 Å². The number of anilines is 2. The second-order valence-electron chi connectivity index (χ2n) is 6.52. The molecule has 0 aliphatic rings. The number of nitro groups is 1. The topological polar surface area (TPSA) is 135 Å². The zero-order valence-corrected chi connectivity index (χ0v) is 17.0. The minimum Gasteiger partial charge on any atom is -0.322 e. The fourth-order valence-electron chi connectivity index (χ4n) is 2.66. The summed E-state index contributed by atoms with van der Waals surface area (Å²) in [4.78, 5) is 33.8. The number of Topliss-reactive ketones (excluding diaryl/α,β-unsaturated/α-hetero) is 1. The Labute approximate surface area is 177 Å². The molecule has 3 rings (SSSR count). The number of amides is 1. The van der Waals surface area contributed by atoms with Crippen LogP contribution in [-0.4, -0.2) is 25.0 Å². The van der Waals surface area contributed by atoms with Crippen molar-refractivity contribution in [1.82, 2.24) is 0 Å². The number of nitrogens with zero attached hydrogens (tertiary/aromatic N) is 1. The smallest absolute Gasteiger partial charge is 0.269 e. The molecule has 0 saturated heterocycles. The Morgan fingerprint density at radius 3 is 2.06 bits per heavy atom. The molecule has 0 saturated carbocycles. The third kappa shape index (κ3) is 5.31. The van der Waals surface area contributed by atoms with Crippen LogP contribution >= 0.6 is 0 Å². The Hall–Kier alpha value is -4.05. The lowest BCUT2D eigenvalue weighted by molar-refractivity contribution is -0.384. The maximum Gasteiger partial charge on any atom is 0.269 e. The molecule has 0 unspecified atom stereocenters. The number of carbonyl (C=O) groups is 2. The van der Waals surface area contributed by atoms with Crippen molar-refractivity contribution < 1.29 is 22.9 Å². The lowest BCUT2D eigenvalue weighted by Gasteiger charge is -2.10. The van der Waals surface area contributed by atoms with E-state index in [0.29, 0.717) is 11.3 Å². The van der Waals surface area contributed by atoms with Gasteiger partial charge in [-0.3, -0.25) is 24.4 Å². The van der Waals surface area contributed by atoms with Gasteiger partial charge in [-0.05, 0) is 61.5 Å². The lowest BCUT2D eigenvalue weighted by atomic mass is 10.1. The normalized spacial score (nSPS) is 10.9. The van der Waals surface area contributed by atoms with Crippen LogP contribution in [0, 0.1) is 10.1 Å². The highest BCUT2D eigenvalue weighted by molar-refractivity contribution is 7.92. The van der Waals surface area contributed by atoms with Crippen molar-refractivity contribution in [1.29, 1.82) is 0 Å². The SMILES string of the molecule is CC(=O)c1ccc(NS(=O)(=O)c2cccc(C(=O)Nc3ccc([N+](=O)[O-])cc3)c2)cc1. The summed E-state index contributed by atoms with van der Waals surface area (Å²) in [6.07, 6.45) is 0. The Morgan fingerprint density at radius 1 is 0.871 bits per heavy atom. The highest BCUT2D eigenvalue weighted by Gasteiger charge is 2.17. The summed E-state index contributed by atoms with van der Waals surface area (Å²) < 4.78 is 27.8. The van der Waals surface area contributed by atoms with Gasteiger partial charge in [0.15, 0.2) is 5.78 Å². The van der Waals surface area contributed by atoms with Gasteiger partial charge in [-0.2, -0.15) is 0 Å². The van der Waals surface area contributed by atoms with Crippen LogP contribution in [0.2, 0.25) is 0 Å². The van der Waals surface area contributed by atoms with Crippen molar-refractivity contribution in [2.24, 2.45) is 0 Å². The second-order valence-corrected chi connectivity index (χ2v) is 8.21. The standard InChI is InChI=1S/C21H17N3O6S/c1-14(25)15-5-7-18(8-6-15)23-31(29,30)20-4-2-3-16(13-20)21(26)22-17-9-11-19(12-10-17)24(27)28/h2-13,23H,1H3,(H,22,26). The first-order valence-electron chi connectivity index (χ1n) is 8.95. The van der Waals surface area contributed by atoms with Crippen LogP contribution in [0.15, 0.2) is 77.7 Å². The second kappa shape index (κ2) is 8.76. The average Bonchev–Trinajstić information content (AvgIpc) is 2.74. The zero-order chi connectivity index (χ0) is 22.6. The van der Waals surface area contributed by atoms with E-state index in [2.05, 4.69) is 10.0 Å². The molecule has 0 aliphatic heterocycles. The zero-order valence-electron chi connectivity index (χ0n) is 16.2. The molecule has 0 aromatic heterocycles. The van der Waals surface area contributed by atoms with Crippen LogP contribution in [0.1, 0.15) is 27.6 Å². The van der Waals surface area contributed by atoms with Crippen LogP contribution in [0.25, 0.3) is 0 Å². The first kappa shape index (κ1) is 21.7. The molecule has 3 aromatic carbocycles. The highest BCUT2D eigenvalue weighted by atomic mass is 32.2. The monoisotopic (exact) mass is 439 g/mol. The van der Waals surface area contributed by atoms with Gasteiger partial charge in [-0.1, -0.05) is 6.07 Å². The van der Waals surface area contributed by atoms with Crippen molar-refractivity contribution in [2.75, 3.05) is 10.0 Å². The van der Waals surface area contributed by atoms with Crippen LogP contribution in [0.4, 0.5) is 17.1 Å². The van der Waals surface area contributed by atoms with Gasteiger partial charge in [0, 0.05) is 34.6 Å². The summed E-state index contributed by atoms with van der Waals surface area (Å²) >= 11 is 0. The number of nitrogens with one attached hydrogen (secondary N) is 2. The van der Waals surface area contributed by atoms with E-state index in [1.165, 1.54) is 79.7 Å². The van der Waals surface area contributed by atoms with Crippen molar-refractivity contribution >= 4 is 38.8 Å². The van der Waals surface area contributed by atoms with E-state index in [0.717, 1.165) is 0 Å². The third-order valence-electron chi connectivity index (χ3n) is 4.29. The van der Waals surface area contributed by atoms with Crippen LogP contribution < -0.4 is 10.0 Å². The van der Waals surface area contributed by atoms with E-state index in [4.69, 9.17) is 0 Å². The molecule has 10 heteroatoms. The van der Waals surface area contributed by atoms with Gasteiger partial charge in [0.05, 0.1) is 9.82 Å². The molecule has 2 N–H and O–H groups in total. The Bertz CT molecular complexity index is 1250. The molecule has 31 heavy (non-hydrogen) atoms. The van der Waals surface area contributed by atoms with E-state index >= 15 is 0 Å². The van der Waals surface area contributed by atoms with E-state index in [9.17, 15) is 28.1 Å². The minimum atomic E-state index is -3.98. The fraction of sp³-hybridized carbons (Fsp3) is 0.0476. The molecule has 0 fully saturated rings. The molecule has 3 aromatic rings. The van der Waals surface area contributed by atoms with Gasteiger partial charge in [0.1, 0.15) is 0 Å². The van der Waals surface area contributed by atoms with Crippen LogP contribution in [-0.2, 0) is 10.0 Å². The van der Waals surface area contributed by atoms with Gasteiger partial charge in [-0.25, -0.2) is 8.42 Å². The molecule has 0 atom stereocenters. The molecule has 0 aliphatic carbocycles. The van der Waals surface area contributed by atoms with E-state index in [1.54, 1.807) is 0 Å².